The van der Waals surface area contributed by atoms with Crippen LogP contribution >= 0.6 is 0 Å². The first-order valence-electron chi connectivity index (χ1n) is 10.9. The maximum atomic E-state index is 13.2. The van der Waals surface area contributed by atoms with Gasteiger partial charge in [-0.1, -0.05) is 73.7 Å². The fourth-order valence-corrected chi connectivity index (χ4v) is 4.28. The SMILES string of the molecule is CCc1ccc(C2/C(=C(/O)c3cccc4ccccc34)C(=O)C(=O)N2CCN(C)C)cc1. The summed E-state index contributed by atoms with van der Waals surface area (Å²) in [6, 6.07) is 20.6. The van der Waals surface area contributed by atoms with Crippen molar-refractivity contribution in [3.63, 3.8) is 0 Å². The molecular weight excluding hydrogens is 400 g/mol. The molecule has 0 radical (unpaired) electrons. The van der Waals surface area contributed by atoms with Gasteiger partial charge in [-0.25, -0.2) is 0 Å². The number of aliphatic hydroxyl groups is 1. The molecule has 3 aromatic rings. The molecular formula is C27H28N2O3. The van der Waals surface area contributed by atoms with E-state index in [0.29, 0.717) is 18.7 Å². The lowest BCUT2D eigenvalue weighted by molar-refractivity contribution is -0.140. The first-order valence-corrected chi connectivity index (χ1v) is 10.9. The monoisotopic (exact) mass is 428 g/mol. The van der Waals surface area contributed by atoms with Crippen LogP contribution in [0, 0.1) is 0 Å². The van der Waals surface area contributed by atoms with Gasteiger partial charge >= 0.3 is 0 Å². The Labute approximate surface area is 188 Å². The number of hydrogen-bond donors (Lipinski definition) is 1. The Balaban J connectivity index is 1.90. The summed E-state index contributed by atoms with van der Waals surface area (Å²) >= 11 is 0. The quantitative estimate of drug-likeness (QED) is 0.359. The first kappa shape index (κ1) is 21.8. The molecule has 0 bridgehead atoms. The third-order valence-electron chi connectivity index (χ3n) is 6.08. The number of ketones is 1. The van der Waals surface area contributed by atoms with E-state index in [0.717, 1.165) is 22.8 Å². The first-order chi connectivity index (χ1) is 15.4. The highest BCUT2D eigenvalue weighted by atomic mass is 16.3. The zero-order valence-electron chi connectivity index (χ0n) is 18.7. The van der Waals surface area contributed by atoms with Crippen molar-refractivity contribution in [3.8, 4) is 0 Å². The van der Waals surface area contributed by atoms with E-state index < -0.39 is 17.7 Å². The Bertz CT molecular complexity index is 1190. The van der Waals surface area contributed by atoms with Crippen LogP contribution in [0.3, 0.4) is 0 Å². The Morgan fingerprint density at radius 2 is 1.66 bits per heavy atom. The van der Waals surface area contributed by atoms with Crippen LogP contribution in [0.4, 0.5) is 0 Å². The van der Waals surface area contributed by atoms with E-state index in [-0.39, 0.29) is 11.3 Å². The molecule has 1 unspecified atom stereocenters. The van der Waals surface area contributed by atoms with Gasteiger partial charge in [-0.3, -0.25) is 9.59 Å². The lowest BCUT2D eigenvalue weighted by Crippen LogP contribution is -2.35. The summed E-state index contributed by atoms with van der Waals surface area (Å²) in [6.07, 6.45) is 0.900. The minimum atomic E-state index is -0.640. The summed E-state index contributed by atoms with van der Waals surface area (Å²) in [7, 11) is 3.86. The van der Waals surface area contributed by atoms with Crippen LogP contribution in [-0.4, -0.2) is 53.8 Å². The number of aryl methyl sites for hydroxylation is 1. The second kappa shape index (κ2) is 8.97. The predicted molar refractivity (Wildman–Crippen MR) is 127 cm³/mol. The normalized spacial score (nSPS) is 18.1. The average molecular weight is 429 g/mol. The number of amides is 1. The van der Waals surface area contributed by atoms with Gasteiger partial charge in [-0.15, -0.1) is 0 Å². The Morgan fingerprint density at radius 3 is 2.34 bits per heavy atom. The number of benzene rings is 3. The fourth-order valence-electron chi connectivity index (χ4n) is 4.28. The summed E-state index contributed by atoms with van der Waals surface area (Å²) in [5.74, 6) is -1.34. The molecule has 4 rings (SSSR count). The highest BCUT2D eigenvalue weighted by molar-refractivity contribution is 6.46. The van der Waals surface area contributed by atoms with Crippen molar-refractivity contribution < 1.29 is 14.7 Å². The molecule has 1 amide bonds. The van der Waals surface area contributed by atoms with E-state index in [2.05, 4.69) is 6.92 Å². The zero-order valence-corrected chi connectivity index (χ0v) is 18.7. The van der Waals surface area contributed by atoms with Gasteiger partial charge in [0.2, 0.25) is 0 Å². The average Bonchev–Trinajstić information content (AvgIpc) is 3.06. The van der Waals surface area contributed by atoms with Crippen molar-refractivity contribution in [3.05, 3.63) is 89.0 Å². The van der Waals surface area contributed by atoms with Gasteiger partial charge in [-0.2, -0.15) is 0 Å². The molecule has 0 spiro atoms. The van der Waals surface area contributed by atoms with Crippen molar-refractivity contribution in [2.45, 2.75) is 19.4 Å². The third kappa shape index (κ3) is 3.92. The van der Waals surface area contributed by atoms with Gasteiger partial charge in [0.15, 0.2) is 0 Å². The van der Waals surface area contributed by atoms with Gasteiger partial charge in [0, 0.05) is 18.7 Å². The van der Waals surface area contributed by atoms with Gasteiger partial charge < -0.3 is 14.9 Å². The van der Waals surface area contributed by atoms with Crippen molar-refractivity contribution >= 4 is 28.2 Å². The van der Waals surface area contributed by atoms with Crippen LogP contribution in [0.2, 0.25) is 0 Å². The van der Waals surface area contributed by atoms with Crippen LogP contribution in [0.15, 0.2) is 72.3 Å². The van der Waals surface area contributed by atoms with E-state index in [1.54, 1.807) is 11.0 Å². The van der Waals surface area contributed by atoms with E-state index >= 15 is 0 Å². The summed E-state index contributed by atoms with van der Waals surface area (Å²) in [6.45, 7) is 3.09. The Morgan fingerprint density at radius 1 is 0.969 bits per heavy atom. The van der Waals surface area contributed by atoms with Crippen LogP contribution in [-0.2, 0) is 16.0 Å². The van der Waals surface area contributed by atoms with E-state index in [4.69, 9.17) is 0 Å². The maximum absolute atomic E-state index is 13.2. The number of likely N-dealkylation sites (tertiary alicyclic amines) is 1. The molecule has 1 aliphatic heterocycles. The largest absolute Gasteiger partial charge is 0.507 e. The molecule has 32 heavy (non-hydrogen) atoms. The molecule has 1 heterocycles. The number of aliphatic hydroxyl groups excluding tert-OH is 1. The molecule has 1 atom stereocenters. The van der Waals surface area contributed by atoms with Gasteiger partial charge in [0.1, 0.15) is 5.76 Å². The Hall–Kier alpha value is -3.44. The van der Waals surface area contributed by atoms with Crippen LogP contribution < -0.4 is 0 Å². The zero-order chi connectivity index (χ0) is 22.8. The number of rotatable bonds is 6. The highest BCUT2D eigenvalue weighted by Gasteiger charge is 2.46. The number of hydrogen-bond acceptors (Lipinski definition) is 4. The number of Topliss-reactive ketones (excluding diaryl/α,β-unsaturated/α-hetero) is 1. The molecule has 1 saturated heterocycles. The molecule has 164 valence electrons. The molecule has 1 aliphatic rings. The second-order valence-corrected chi connectivity index (χ2v) is 8.42. The van der Waals surface area contributed by atoms with Crippen LogP contribution in [0.1, 0.15) is 29.7 Å². The van der Waals surface area contributed by atoms with Gasteiger partial charge in [-0.05, 0) is 42.4 Å². The number of fused-ring (bicyclic) bond motifs is 1. The van der Waals surface area contributed by atoms with Gasteiger partial charge in [0.05, 0.1) is 11.6 Å². The molecule has 1 N–H and O–H groups in total. The lowest BCUT2D eigenvalue weighted by atomic mass is 9.93. The topological polar surface area (TPSA) is 60.9 Å². The molecule has 5 heteroatoms. The fraction of sp³-hybridized carbons (Fsp3) is 0.259. The second-order valence-electron chi connectivity index (χ2n) is 8.42. The molecule has 1 fully saturated rings. The van der Waals surface area contributed by atoms with Crippen molar-refractivity contribution in [2.24, 2.45) is 0 Å². The summed E-state index contributed by atoms with van der Waals surface area (Å²) in [4.78, 5) is 29.8. The maximum Gasteiger partial charge on any atom is 0.295 e. The number of likely N-dealkylation sites (N-methyl/N-ethyl adjacent to an activating group) is 1. The minimum Gasteiger partial charge on any atom is -0.507 e. The highest BCUT2D eigenvalue weighted by Crippen LogP contribution is 2.40. The third-order valence-corrected chi connectivity index (χ3v) is 6.08. The molecule has 0 aromatic heterocycles. The Kier molecular flexibility index (Phi) is 6.10. The molecule has 3 aromatic carbocycles. The summed E-state index contributed by atoms with van der Waals surface area (Å²) in [5, 5.41) is 13.2. The minimum absolute atomic E-state index is 0.128. The van der Waals surface area contributed by atoms with Crippen molar-refractivity contribution in [2.75, 3.05) is 27.2 Å². The van der Waals surface area contributed by atoms with E-state index in [1.165, 1.54) is 5.56 Å². The van der Waals surface area contributed by atoms with E-state index in [1.807, 2.05) is 79.7 Å². The predicted octanol–water partition coefficient (Wildman–Crippen LogP) is 4.39. The van der Waals surface area contributed by atoms with Crippen LogP contribution in [0.5, 0.6) is 0 Å². The van der Waals surface area contributed by atoms with Crippen molar-refractivity contribution in [1.82, 2.24) is 9.80 Å². The van der Waals surface area contributed by atoms with Crippen molar-refractivity contribution in [1.29, 1.82) is 0 Å². The number of carbonyl (C=O) groups excluding carboxylic acids is 2. The number of nitrogens with zero attached hydrogens (tertiary/aromatic N) is 2. The molecule has 0 saturated carbocycles. The smallest absolute Gasteiger partial charge is 0.295 e. The van der Waals surface area contributed by atoms with Gasteiger partial charge in [0.25, 0.3) is 11.7 Å². The van der Waals surface area contributed by atoms with E-state index in [9.17, 15) is 14.7 Å². The lowest BCUT2D eigenvalue weighted by Gasteiger charge is -2.26. The standard InChI is InChI=1S/C27H28N2O3/c1-4-18-12-14-20(15-13-18)24-23(26(31)27(32)29(24)17-16-28(2)3)25(30)22-11-7-9-19-8-5-6-10-21(19)22/h5-15,24,30H,4,16-17H2,1-3H3/b25-23-. The molecule has 5 nitrogen and oxygen atoms in total. The van der Waals surface area contributed by atoms with Crippen LogP contribution in [0.25, 0.3) is 16.5 Å². The summed E-state index contributed by atoms with van der Waals surface area (Å²) in [5.41, 5.74) is 2.70. The molecule has 0 aliphatic carbocycles. The number of carbonyl (C=O) groups is 2. The summed E-state index contributed by atoms with van der Waals surface area (Å²) < 4.78 is 0.